The molecule has 5 aromatic rings. The summed E-state index contributed by atoms with van der Waals surface area (Å²) < 4.78 is 39.9. The summed E-state index contributed by atoms with van der Waals surface area (Å²) in [5.74, 6) is 4.79. The van der Waals surface area contributed by atoms with Gasteiger partial charge in [0, 0.05) is 66.5 Å². The predicted molar refractivity (Wildman–Crippen MR) is 185 cm³/mol. The number of nitrogens with zero attached hydrogens (tertiary/aromatic N) is 2. The third-order valence-corrected chi connectivity index (χ3v) is 7.75. The van der Waals surface area contributed by atoms with Gasteiger partial charge in [-0.25, -0.2) is 13.8 Å². The van der Waals surface area contributed by atoms with E-state index in [1.807, 2.05) is 30.3 Å². The Morgan fingerprint density at radius 3 is 2.50 bits per heavy atom. The number of aliphatic hydroxyl groups excluding tert-OH is 1. The number of amides is 1. The summed E-state index contributed by atoms with van der Waals surface area (Å²) in [6, 6.07) is 19.1. The molecule has 0 aliphatic carbocycles. The Labute approximate surface area is 287 Å². The molecule has 0 aliphatic rings. The number of hydrogen-bond donors (Lipinski definition) is 3. The van der Waals surface area contributed by atoms with E-state index in [1.165, 1.54) is 26.5 Å². The Bertz CT molecular complexity index is 2090. The number of hydrogen-bond acceptors (Lipinski definition) is 8. The predicted octanol–water partition coefficient (Wildman–Crippen LogP) is 5.38. The molecule has 1 amide bonds. The molecular weight excluding hydrogens is 646 g/mol. The van der Waals surface area contributed by atoms with E-state index in [0.717, 1.165) is 22.4 Å². The molecule has 0 aliphatic heterocycles. The molecule has 258 valence electrons. The highest BCUT2D eigenvalue weighted by molar-refractivity contribution is 6.06. The second-order valence-corrected chi connectivity index (χ2v) is 11.1. The van der Waals surface area contributed by atoms with Gasteiger partial charge in [0.05, 0.1) is 19.9 Å². The molecule has 3 N–H and O–H groups in total. The number of aromatic nitrogens is 2. The van der Waals surface area contributed by atoms with E-state index in [-0.39, 0.29) is 48.8 Å². The highest BCUT2D eigenvalue weighted by Crippen LogP contribution is 2.29. The van der Waals surface area contributed by atoms with Crippen molar-refractivity contribution in [3.05, 3.63) is 129 Å². The highest BCUT2D eigenvalue weighted by atomic mass is 19.1. The van der Waals surface area contributed by atoms with Crippen LogP contribution in [0.15, 0.2) is 83.8 Å². The van der Waals surface area contributed by atoms with Gasteiger partial charge in [-0.3, -0.25) is 9.59 Å². The van der Waals surface area contributed by atoms with Gasteiger partial charge in [0.15, 0.2) is 5.65 Å². The summed E-state index contributed by atoms with van der Waals surface area (Å²) in [7, 11) is 3.05. The molecular formula is C38H36F2N4O6. The third-order valence-electron chi connectivity index (χ3n) is 7.75. The first-order chi connectivity index (χ1) is 24.3. The smallest absolute Gasteiger partial charge is 0.300 e. The number of methoxy groups -OCH3 is 2. The van der Waals surface area contributed by atoms with Gasteiger partial charge in [0.25, 0.3) is 11.5 Å². The number of fused-ring (bicyclic) bond motifs is 1. The maximum Gasteiger partial charge on any atom is 0.300 e. The van der Waals surface area contributed by atoms with Gasteiger partial charge < -0.3 is 30.1 Å². The number of benzene rings is 3. The number of anilines is 1. The van der Waals surface area contributed by atoms with E-state index in [1.54, 1.807) is 24.3 Å². The molecule has 0 saturated heterocycles. The Hall–Kier alpha value is -5.93. The highest BCUT2D eigenvalue weighted by Gasteiger charge is 2.25. The van der Waals surface area contributed by atoms with Crippen LogP contribution in [-0.4, -0.2) is 41.6 Å². The number of pyridine rings is 2. The fraction of sp³-hybridized carbons (Fsp3) is 0.237. The molecule has 0 bridgehead atoms. The fourth-order valence-electron chi connectivity index (χ4n) is 5.14. The molecule has 0 radical (unpaired) electrons. The molecule has 12 heteroatoms. The molecule has 0 fully saturated rings. The van der Waals surface area contributed by atoms with Crippen molar-refractivity contribution in [2.45, 2.75) is 39.0 Å². The topological polar surface area (TPSA) is 124 Å². The average Bonchev–Trinajstić information content (AvgIpc) is 3.13. The second kappa shape index (κ2) is 16.9. The zero-order chi connectivity index (χ0) is 35.5. The van der Waals surface area contributed by atoms with E-state index in [0.29, 0.717) is 47.3 Å². The van der Waals surface area contributed by atoms with Crippen LogP contribution in [0.25, 0.3) is 11.0 Å². The Morgan fingerprint density at radius 1 is 0.960 bits per heavy atom. The van der Waals surface area contributed by atoms with Crippen molar-refractivity contribution in [2.75, 3.05) is 26.1 Å². The number of aliphatic hydroxyl groups is 1. The first-order valence-electron chi connectivity index (χ1n) is 15.9. The zero-order valence-corrected chi connectivity index (χ0v) is 27.6. The Morgan fingerprint density at radius 2 is 1.76 bits per heavy atom. The van der Waals surface area contributed by atoms with E-state index < -0.39 is 23.1 Å². The first kappa shape index (κ1) is 35.4. The Balaban J connectivity index is 1.64. The van der Waals surface area contributed by atoms with Crippen molar-refractivity contribution in [1.29, 1.82) is 0 Å². The average molecular weight is 683 g/mol. The van der Waals surface area contributed by atoms with Gasteiger partial charge in [-0.05, 0) is 42.7 Å². The Kier molecular flexibility index (Phi) is 12.0. The lowest BCUT2D eigenvalue weighted by molar-refractivity contribution is 0.0898. The lowest BCUT2D eigenvalue weighted by Crippen LogP contribution is -2.37. The summed E-state index contributed by atoms with van der Waals surface area (Å²) in [5, 5.41) is 15.3. The zero-order valence-electron chi connectivity index (χ0n) is 27.6. The van der Waals surface area contributed by atoms with E-state index in [4.69, 9.17) is 19.4 Å². The number of nitrogens with one attached hydrogen (secondary N) is 2. The van der Waals surface area contributed by atoms with Crippen molar-refractivity contribution >= 4 is 22.6 Å². The van der Waals surface area contributed by atoms with E-state index in [9.17, 15) is 18.4 Å². The minimum Gasteiger partial charge on any atom is -0.497 e. The molecule has 5 rings (SSSR count). The number of rotatable bonds is 14. The number of carbonyl (C=O) groups excluding carboxylic acids is 1. The van der Waals surface area contributed by atoms with Gasteiger partial charge in [-0.1, -0.05) is 48.2 Å². The molecule has 0 saturated carbocycles. The van der Waals surface area contributed by atoms with Crippen LogP contribution in [0.4, 0.5) is 14.5 Å². The van der Waals surface area contributed by atoms with Crippen molar-refractivity contribution in [2.24, 2.45) is 0 Å². The summed E-state index contributed by atoms with van der Waals surface area (Å²) in [5.41, 5.74) is 1.13. The molecule has 2 heterocycles. The normalized spacial score (nSPS) is 10.7. The SMILES string of the molecule is COc1ccc(CNc2c(C(=O)NCc3ccc(F)cc3F)c(=O)n(OCc3ccccc3)c3ncc(C#CCCCCO)cc23)c(OC)c1. The molecule has 2 aromatic heterocycles. The monoisotopic (exact) mass is 682 g/mol. The standard InChI is InChI=1S/C38H36F2N4O6/c1-48-30-16-14-28(33(20-30)49-2)23-41-35-31-18-26(12-6-3-4-9-17-45)21-42-36(31)44(50-24-25-10-7-5-8-11-25)38(47)34(35)37(46)43-22-27-13-15-29(39)19-32(27)40/h5,7-8,10-11,13-16,18-21,41,45H,3-4,9,17,22-24H2,1-2H3,(H,43,46). The number of carbonyl (C=O) groups is 1. The van der Waals surface area contributed by atoms with Crippen molar-refractivity contribution in [3.8, 4) is 23.3 Å². The molecule has 50 heavy (non-hydrogen) atoms. The fourth-order valence-corrected chi connectivity index (χ4v) is 5.14. The van der Waals surface area contributed by atoms with Crippen LogP contribution in [0.3, 0.4) is 0 Å². The van der Waals surface area contributed by atoms with Crippen LogP contribution in [0, 0.1) is 23.5 Å². The maximum absolute atomic E-state index is 14.5. The van der Waals surface area contributed by atoms with Gasteiger partial charge in [-0.15, -0.1) is 4.73 Å². The minimum absolute atomic E-state index is 0.0123. The van der Waals surface area contributed by atoms with Crippen molar-refractivity contribution in [3.63, 3.8) is 0 Å². The molecule has 3 aromatic carbocycles. The van der Waals surface area contributed by atoms with Crippen LogP contribution < -0.4 is 30.5 Å². The number of halogens is 2. The lowest BCUT2D eigenvalue weighted by Gasteiger charge is -2.19. The summed E-state index contributed by atoms with van der Waals surface area (Å²) in [6.07, 6.45) is 3.40. The summed E-state index contributed by atoms with van der Waals surface area (Å²) >= 11 is 0. The van der Waals surface area contributed by atoms with Crippen molar-refractivity contribution in [1.82, 2.24) is 15.0 Å². The largest absolute Gasteiger partial charge is 0.497 e. The van der Waals surface area contributed by atoms with E-state index in [2.05, 4.69) is 27.5 Å². The van der Waals surface area contributed by atoms with Crippen molar-refractivity contribution < 1.29 is 33.0 Å². The molecule has 10 nitrogen and oxygen atoms in total. The second-order valence-electron chi connectivity index (χ2n) is 11.1. The van der Waals surface area contributed by atoms with E-state index >= 15 is 0 Å². The quantitative estimate of drug-likeness (QED) is 0.106. The lowest BCUT2D eigenvalue weighted by atomic mass is 10.1. The van der Waals surface area contributed by atoms with Gasteiger partial charge in [0.1, 0.15) is 35.3 Å². The molecule has 0 spiro atoms. The number of unbranched alkanes of at least 4 members (excludes halogenated alkanes) is 2. The molecule has 0 unspecified atom stereocenters. The minimum atomic E-state index is -0.844. The van der Waals surface area contributed by atoms with Crippen LogP contribution in [-0.2, 0) is 19.7 Å². The van der Waals surface area contributed by atoms with Crippen LogP contribution in [0.1, 0.15) is 51.9 Å². The number of ether oxygens (including phenoxy) is 2. The third kappa shape index (κ3) is 8.56. The summed E-state index contributed by atoms with van der Waals surface area (Å²) in [6.45, 7) is -0.148. The van der Waals surface area contributed by atoms with Crippen LogP contribution in [0.5, 0.6) is 11.5 Å². The van der Waals surface area contributed by atoms with Gasteiger partial charge in [-0.2, -0.15) is 0 Å². The molecule has 0 atom stereocenters. The maximum atomic E-state index is 14.5. The van der Waals surface area contributed by atoms with Crippen LogP contribution >= 0.6 is 0 Å². The summed E-state index contributed by atoms with van der Waals surface area (Å²) in [4.78, 5) is 38.8. The van der Waals surface area contributed by atoms with Gasteiger partial charge >= 0.3 is 0 Å². The van der Waals surface area contributed by atoms with Gasteiger partial charge in [0.2, 0.25) is 0 Å². The van der Waals surface area contributed by atoms with Crippen LogP contribution in [0.2, 0.25) is 0 Å². The first-order valence-corrected chi connectivity index (χ1v) is 15.9.